The van der Waals surface area contributed by atoms with Gasteiger partial charge in [-0.25, -0.2) is 0 Å². The summed E-state index contributed by atoms with van der Waals surface area (Å²) in [6.45, 7) is 2.16. The predicted octanol–water partition coefficient (Wildman–Crippen LogP) is 4.16. The molecule has 5 nitrogen and oxygen atoms in total. The van der Waals surface area contributed by atoms with Gasteiger partial charge in [-0.05, 0) is 87.6 Å². The Hall–Kier alpha value is -1.59. The van der Waals surface area contributed by atoms with E-state index in [4.69, 9.17) is 4.74 Å². The van der Waals surface area contributed by atoms with Crippen molar-refractivity contribution in [2.45, 2.75) is 63.3 Å². The van der Waals surface area contributed by atoms with Crippen molar-refractivity contribution in [1.29, 1.82) is 0 Å². The highest BCUT2D eigenvalue weighted by molar-refractivity contribution is 5.94. The lowest BCUT2D eigenvalue weighted by atomic mass is 9.83. The molecule has 29 heavy (non-hydrogen) atoms. The van der Waals surface area contributed by atoms with E-state index in [1.54, 1.807) is 0 Å². The first kappa shape index (κ1) is 23.7. The minimum absolute atomic E-state index is 0. The second-order valence-corrected chi connectivity index (χ2v) is 8.35. The monoisotopic (exact) mass is 422 g/mol. The molecule has 0 bridgehead atoms. The summed E-state index contributed by atoms with van der Waals surface area (Å²) in [6.07, 6.45) is 7.93. The summed E-state index contributed by atoms with van der Waals surface area (Å²) >= 11 is 0. The molecule has 1 N–H and O–H groups in total. The van der Waals surface area contributed by atoms with Gasteiger partial charge in [0.05, 0.1) is 7.11 Å². The Morgan fingerprint density at radius 3 is 2.24 bits per heavy atom. The fourth-order valence-electron chi connectivity index (χ4n) is 4.67. The first-order chi connectivity index (χ1) is 13.6. The van der Waals surface area contributed by atoms with Gasteiger partial charge in [0.1, 0.15) is 0 Å². The van der Waals surface area contributed by atoms with E-state index in [1.807, 2.05) is 24.1 Å². The highest BCUT2D eigenvalue weighted by Crippen LogP contribution is 2.31. The zero-order valence-electron chi connectivity index (χ0n) is 17.7. The van der Waals surface area contributed by atoms with Crippen LogP contribution >= 0.6 is 12.4 Å². The zero-order valence-corrected chi connectivity index (χ0v) is 18.5. The van der Waals surface area contributed by atoms with Crippen molar-refractivity contribution < 1.29 is 14.3 Å². The number of benzene rings is 1. The quantitative estimate of drug-likeness (QED) is 0.699. The van der Waals surface area contributed by atoms with Gasteiger partial charge < -0.3 is 15.0 Å². The Balaban J connectivity index is 0.00000300. The first-order valence-electron chi connectivity index (χ1n) is 10.7. The van der Waals surface area contributed by atoms with Crippen molar-refractivity contribution in [3.05, 3.63) is 35.4 Å². The number of nitrogens with zero attached hydrogens (tertiary/aromatic N) is 1. The van der Waals surface area contributed by atoms with E-state index < -0.39 is 0 Å². The highest BCUT2D eigenvalue weighted by Gasteiger charge is 2.27. The molecule has 1 saturated heterocycles. The molecule has 0 spiro atoms. The molecule has 1 aliphatic heterocycles. The van der Waals surface area contributed by atoms with Crippen LogP contribution in [0.5, 0.6) is 0 Å². The van der Waals surface area contributed by atoms with E-state index in [-0.39, 0.29) is 24.3 Å². The van der Waals surface area contributed by atoms with E-state index in [1.165, 1.54) is 25.5 Å². The number of hydrogen-bond acceptors (Lipinski definition) is 4. The topological polar surface area (TPSA) is 58.6 Å². The molecule has 1 aromatic rings. The number of amides is 1. The molecule has 2 aliphatic rings. The number of methoxy groups -OCH3 is 1. The largest absolute Gasteiger partial charge is 0.469 e. The number of carbonyl (C=O) groups excluding carboxylic acids is 2. The van der Waals surface area contributed by atoms with Crippen molar-refractivity contribution in [2.75, 3.05) is 27.2 Å². The second kappa shape index (κ2) is 11.6. The first-order valence-corrected chi connectivity index (χ1v) is 10.7. The van der Waals surface area contributed by atoms with Crippen LogP contribution in [0.1, 0.15) is 73.2 Å². The number of halogens is 1. The van der Waals surface area contributed by atoms with Crippen molar-refractivity contribution >= 4 is 24.3 Å². The van der Waals surface area contributed by atoms with Crippen molar-refractivity contribution in [1.82, 2.24) is 10.2 Å². The molecule has 3 rings (SSSR count). The maximum atomic E-state index is 12.9. The molecule has 0 radical (unpaired) electrons. The molecule has 1 amide bonds. The number of piperidine rings is 1. The van der Waals surface area contributed by atoms with Gasteiger partial charge >= 0.3 is 5.97 Å². The van der Waals surface area contributed by atoms with E-state index in [0.717, 1.165) is 50.8 Å². The number of hydrogen-bond donors (Lipinski definition) is 1. The third-order valence-corrected chi connectivity index (χ3v) is 6.64. The molecule has 1 aliphatic carbocycles. The summed E-state index contributed by atoms with van der Waals surface area (Å²) in [5, 5.41) is 3.40. The average Bonchev–Trinajstić information content (AvgIpc) is 2.77. The van der Waals surface area contributed by atoms with E-state index in [9.17, 15) is 9.59 Å². The molecule has 1 saturated carbocycles. The van der Waals surface area contributed by atoms with Gasteiger partial charge in [0.15, 0.2) is 0 Å². The predicted molar refractivity (Wildman–Crippen MR) is 118 cm³/mol. The number of nitrogens with one attached hydrogen (secondary N) is 1. The lowest BCUT2D eigenvalue weighted by molar-refractivity contribution is -0.141. The van der Waals surface area contributed by atoms with Crippen LogP contribution in [0.15, 0.2) is 24.3 Å². The van der Waals surface area contributed by atoms with E-state index in [0.29, 0.717) is 24.3 Å². The van der Waals surface area contributed by atoms with Crippen LogP contribution in [0.3, 0.4) is 0 Å². The van der Waals surface area contributed by atoms with E-state index >= 15 is 0 Å². The Labute approximate surface area is 181 Å². The van der Waals surface area contributed by atoms with Gasteiger partial charge in [-0.3, -0.25) is 9.59 Å². The molecule has 0 aromatic heterocycles. The Bertz CT molecular complexity index is 651. The summed E-state index contributed by atoms with van der Waals surface area (Å²) < 4.78 is 4.73. The van der Waals surface area contributed by atoms with Crippen LogP contribution in [-0.4, -0.2) is 50.1 Å². The lowest BCUT2D eigenvalue weighted by Crippen LogP contribution is -2.39. The fourth-order valence-corrected chi connectivity index (χ4v) is 4.67. The van der Waals surface area contributed by atoms with Gasteiger partial charge in [-0.1, -0.05) is 12.1 Å². The number of ether oxygens (including phenoxy) is 1. The number of rotatable bonds is 6. The molecule has 2 fully saturated rings. The third-order valence-electron chi connectivity index (χ3n) is 6.64. The Kier molecular flexibility index (Phi) is 9.44. The summed E-state index contributed by atoms with van der Waals surface area (Å²) in [6, 6.07) is 8.57. The van der Waals surface area contributed by atoms with Crippen LogP contribution in [0.4, 0.5) is 0 Å². The highest BCUT2D eigenvalue weighted by atomic mass is 35.5. The van der Waals surface area contributed by atoms with Crippen LogP contribution in [0.25, 0.3) is 0 Å². The molecule has 6 heteroatoms. The average molecular weight is 423 g/mol. The molecule has 1 aromatic carbocycles. The van der Waals surface area contributed by atoms with Crippen molar-refractivity contribution in [3.8, 4) is 0 Å². The summed E-state index contributed by atoms with van der Waals surface area (Å²) in [5.41, 5.74) is 2.14. The zero-order chi connectivity index (χ0) is 19.9. The maximum absolute atomic E-state index is 12.9. The fraction of sp³-hybridized carbons (Fsp3) is 0.652. The van der Waals surface area contributed by atoms with Gasteiger partial charge in [0, 0.05) is 25.1 Å². The van der Waals surface area contributed by atoms with Crippen molar-refractivity contribution in [2.24, 2.45) is 5.92 Å². The number of esters is 1. The normalized spacial score (nSPS) is 22.4. The molecule has 1 heterocycles. The number of carbonyl (C=O) groups is 2. The molecule has 162 valence electrons. The van der Waals surface area contributed by atoms with Crippen molar-refractivity contribution in [3.63, 3.8) is 0 Å². The summed E-state index contributed by atoms with van der Waals surface area (Å²) in [5.74, 6) is 1.18. The summed E-state index contributed by atoms with van der Waals surface area (Å²) in [7, 11) is 3.38. The van der Waals surface area contributed by atoms with Crippen LogP contribution in [0, 0.1) is 5.92 Å². The third kappa shape index (κ3) is 6.45. The van der Waals surface area contributed by atoms with Crippen LogP contribution < -0.4 is 5.32 Å². The summed E-state index contributed by atoms with van der Waals surface area (Å²) in [4.78, 5) is 26.2. The Morgan fingerprint density at radius 2 is 1.66 bits per heavy atom. The minimum atomic E-state index is -0.123. The van der Waals surface area contributed by atoms with Crippen LogP contribution in [0.2, 0.25) is 0 Å². The molecule has 0 unspecified atom stereocenters. The standard InChI is InChI=1S/C23H34N2O3.ClH/c1-25(21-10-3-17(4-11-21)5-12-22(26)28-2)23(27)20-8-6-18(7-9-20)19-13-15-24-16-14-19;/h6-9,17,19,21,24H,3-5,10-16H2,1-2H3;1H. The molecular formula is C23H35ClN2O3. The minimum Gasteiger partial charge on any atom is -0.469 e. The van der Waals surface area contributed by atoms with Gasteiger partial charge in [0.25, 0.3) is 5.91 Å². The maximum Gasteiger partial charge on any atom is 0.305 e. The van der Waals surface area contributed by atoms with Gasteiger partial charge in [-0.15, -0.1) is 12.4 Å². The molecular weight excluding hydrogens is 388 g/mol. The van der Waals surface area contributed by atoms with E-state index in [2.05, 4.69) is 17.4 Å². The Morgan fingerprint density at radius 1 is 1.03 bits per heavy atom. The van der Waals surface area contributed by atoms with Gasteiger partial charge in [0.2, 0.25) is 0 Å². The smallest absolute Gasteiger partial charge is 0.305 e. The lowest BCUT2D eigenvalue weighted by Gasteiger charge is -2.34. The van der Waals surface area contributed by atoms with Crippen LogP contribution in [-0.2, 0) is 9.53 Å². The molecule has 0 atom stereocenters. The van der Waals surface area contributed by atoms with Gasteiger partial charge in [-0.2, -0.15) is 0 Å². The SMILES string of the molecule is COC(=O)CCC1CCC(N(C)C(=O)c2ccc(C3CCNCC3)cc2)CC1.Cl. The second-order valence-electron chi connectivity index (χ2n) is 8.35.